The molecule has 0 bridgehead atoms. The Morgan fingerprint density at radius 3 is 2.21 bits per heavy atom. The molecule has 0 aliphatic carbocycles. The smallest absolute Gasteiger partial charge is 0.253 e. The first-order chi connectivity index (χ1) is 18.7. The largest absolute Gasteiger partial charge is 0.497 e. The van der Waals surface area contributed by atoms with Crippen molar-refractivity contribution in [3.05, 3.63) is 108 Å². The van der Waals surface area contributed by atoms with Crippen LogP contribution in [0.3, 0.4) is 0 Å². The van der Waals surface area contributed by atoms with Gasteiger partial charge >= 0.3 is 0 Å². The number of carbonyl (C=O) groups excluding carboxylic acids is 1. The number of amides is 1. The zero-order valence-electron chi connectivity index (χ0n) is 21.2. The summed E-state index contributed by atoms with van der Waals surface area (Å²) in [5, 5.41) is 5.58. The molecule has 38 heavy (non-hydrogen) atoms. The number of aromatic nitrogens is 4. The van der Waals surface area contributed by atoms with Crippen LogP contribution in [0.1, 0.15) is 21.7 Å². The maximum absolute atomic E-state index is 13.1. The molecule has 0 saturated carbocycles. The zero-order valence-corrected chi connectivity index (χ0v) is 21.2. The van der Waals surface area contributed by atoms with E-state index in [1.54, 1.807) is 7.11 Å². The van der Waals surface area contributed by atoms with Gasteiger partial charge in [0.1, 0.15) is 17.4 Å². The van der Waals surface area contributed by atoms with Crippen molar-refractivity contribution in [2.24, 2.45) is 0 Å². The first-order valence-corrected chi connectivity index (χ1v) is 12.7. The number of ether oxygens (including phenoxy) is 1. The average Bonchev–Trinajstić information content (AvgIpc) is 3.41. The molecule has 190 valence electrons. The van der Waals surface area contributed by atoms with Gasteiger partial charge < -0.3 is 14.5 Å². The molecule has 0 unspecified atom stereocenters. The van der Waals surface area contributed by atoms with Crippen molar-refractivity contribution in [1.29, 1.82) is 0 Å². The Bertz CT molecular complexity index is 1540. The SMILES string of the molecule is COc1ccc(C(=O)N2CCN(c3nc(Cc4ccccc4)nc4c3cnn4-c3ccccc3)CC2)cc1. The molecular formula is C30H28N6O2. The summed E-state index contributed by atoms with van der Waals surface area (Å²) in [6, 6.07) is 27.5. The van der Waals surface area contributed by atoms with Gasteiger partial charge in [0, 0.05) is 38.2 Å². The van der Waals surface area contributed by atoms with Gasteiger partial charge in [0.15, 0.2) is 5.65 Å². The van der Waals surface area contributed by atoms with E-state index < -0.39 is 0 Å². The van der Waals surface area contributed by atoms with E-state index in [0.717, 1.165) is 39.7 Å². The Hall–Kier alpha value is -4.72. The van der Waals surface area contributed by atoms with Crippen LogP contribution in [0.2, 0.25) is 0 Å². The van der Waals surface area contributed by atoms with Crippen molar-refractivity contribution in [1.82, 2.24) is 24.6 Å². The van der Waals surface area contributed by atoms with E-state index >= 15 is 0 Å². The van der Waals surface area contributed by atoms with E-state index in [2.05, 4.69) is 22.1 Å². The lowest BCUT2D eigenvalue weighted by Crippen LogP contribution is -2.49. The second-order valence-electron chi connectivity index (χ2n) is 9.26. The third-order valence-electron chi connectivity index (χ3n) is 6.86. The van der Waals surface area contributed by atoms with Crippen molar-refractivity contribution in [2.75, 3.05) is 38.2 Å². The van der Waals surface area contributed by atoms with Crippen LogP contribution in [0.5, 0.6) is 5.75 Å². The van der Waals surface area contributed by atoms with E-state index in [4.69, 9.17) is 14.7 Å². The van der Waals surface area contributed by atoms with E-state index in [-0.39, 0.29) is 5.91 Å². The molecule has 8 nitrogen and oxygen atoms in total. The van der Waals surface area contributed by atoms with Crippen molar-refractivity contribution in [3.8, 4) is 11.4 Å². The summed E-state index contributed by atoms with van der Waals surface area (Å²) < 4.78 is 7.09. The Morgan fingerprint density at radius 1 is 0.842 bits per heavy atom. The number of nitrogens with zero attached hydrogens (tertiary/aromatic N) is 6. The highest BCUT2D eigenvalue weighted by Gasteiger charge is 2.26. The molecule has 1 aliphatic heterocycles. The fourth-order valence-electron chi connectivity index (χ4n) is 4.83. The van der Waals surface area contributed by atoms with Crippen LogP contribution >= 0.6 is 0 Å². The highest BCUT2D eigenvalue weighted by molar-refractivity contribution is 5.94. The molecule has 3 heterocycles. The van der Waals surface area contributed by atoms with Crippen molar-refractivity contribution in [3.63, 3.8) is 0 Å². The number of benzene rings is 3. The number of piperazine rings is 1. The maximum atomic E-state index is 13.1. The topological polar surface area (TPSA) is 76.4 Å². The Kier molecular flexibility index (Phi) is 6.44. The van der Waals surface area contributed by atoms with Gasteiger partial charge in [-0.15, -0.1) is 0 Å². The van der Waals surface area contributed by atoms with Gasteiger partial charge in [-0.2, -0.15) is 5.10 Å². The summed E-state index contributed by atoms with van der Waals surface area (Å²) in [5.74, 6) is 2.37. The zero-order chi connectivity index (χ0) is 25.9. The molecule has 8 heteroatoms. The summed E-state index contributed by atoms with van der Waals surface area (Å²) in [4.78, 5) is 27.2. The molecule has 0 spiro atoms. The number of carbonyl (C=O) groups is 1. The molecule has 0 N–H and O–H groups in total. The van der Waals surface area contributed by atoms with Crippen molar-refractivity contribution in [2.45, 2.75) is 6.42 Å². The number of fused-ring (bicyclic) bond motifs is 1. The minimum Gasteiger partial charge on any atom is -0.497 e. The molecular weight excluding hydrogens is 476 g/mol. The standard InChI is InChI=1S/C30H28N6O2/c1-38-25-14-12-23(13-15-25)30(37)35-18-16-34(17-19-35)28-26-21-31-36(24-10-6-3-7-11-24)29(26)33-27(32-28)20-22-8-4-2-5-9-22/h2-15,21H,16-20H2,1H3. The molecule has 6 rings (SSSR count). The number of hydrogen-bond acceptors (Lipinski definition) is 6. The number of rotatable bonds is 6. The minimum atomic E-state index is 0.0294. The molecule has 0 radical (unpaired) electrons. The summed E-state index contributed by atoms with van der Waals surface area (Å²) >= 11 is 0. The van der Waals surface area contributed by atoms with Crippen molar-refractivity contribution < 1.29 is 9.53 Å². The van der Waals surface area contributed by atoms with E-state index in [0.29, 0.717) is 38.2 Å². The lowest BCUT2D eigenvalue weighted by Gasteiger charge is -2.35. The average molecular weight is 505 g/mol. The van der Waals surface area contributed by atoms with Crippen LogP contribution in [0.25, 0.3) is 16.7 Å². The lowest BCUT2D eigenvalue weighted by molar-refractivity contribution is 0.0746. The second kappa shape index (κ2) is 10.3. The number of anilines is 1. The molecule has 1 aliphatic rings. The molecule has 0 atom stereocenters. The number of methoxy groups -OCH3 is 1. The van der Waals surface area contributed by atoms with Crippen LogP contribution in [0.15, 0.2) is 91.1 Å². The Morgan fingerprint density at radius 2 is 1.53 bits per heavy atom. The fourth-order valence-corrected chi connectivity index (χ4v) is 4.83. The van der Waals surface area contributed by atoms with E-state index in [9.17, 15) is 4.79 Å². The van der Waals surface area contributed by atoms with Gasteiger partial charge in [0.25, 0.3) is 5.91 Å². The van der Waals surface area contributed by atoms with Crippen LogP contribution < -0.4 is 9.64 Å². The van der Waals surface area contributed by atoms with Crippen LogP contribution in [-0.2, 0) is 6.42 Å². The number of hydrogen-bond donors (Lipinski definition) is 0. The van der Waals surface area contributed by atoms with Gasteiger partial charge in [-0.25, -0.2) is 14.6 Å². The Labute approximate surface area is 221 Å². The first kappa shape index (κ1) is 23.7. The quantitative estimate of drug-likeness (QED) is 0.342. The minimum absolute atomic E-state index is 0.0294. The van der Waals surface area contributed by atoms with Crippen molar-refractivity contribution >= 4 is 22.8 Å². The molecule has 1 amide bonds. The van der Waals surface area contributed by atoms with Crippen LogP contribution in [0, 0.1) is 0 Å². The van der Waals surface area contributed by atoms with E-state index in [1.165, 1.54) is 0 Å². The Balaban J connectivity index is 1.30. The lowest BCUT2D eigenvalue weighted by atomic mass is 10.1. The third-order valence-corrected chi connectivity index (χ3v) is 6.86. The normalized spacial score (nSPS) is 13.6. The predicted octanol–water partition coefficient (Wildman–Crippen LogP) is 4.38. The van der Waals surface area contributed by atoms with Gasteiger partial charge in [0.05, 0.1) is 24.4 Å². The molecule has 3 aromatic carbocycles. The monoisotopic (exact) mass is 504 g/mol. The van der Waals surface area contributed by atoms with Gasteiger partial charge in [-0.1, -0.05) is 48.5 Å². The highest BCUT2D eigenvalue weighted by Crippen LogP contribution is 2.28. The van der Waals surface area contributed by atoms with Crippen LogP contribution in [0.4, 0.5) is 5.82 Å². The second-order valence-corrected chi connectivity index (χ2v) is 9.26. The maximum Gasteiger partial charge on any atom is 0.253 e. The molecule has 2 aromatic heterocycles. The van der Waals surface area contributed by atoms with Crippen LogP contribution in [-0.4, -0.2) is 63.8 Å². The summed E-state index contributed by atoms with van der Waals surface area (Å²) in [5.41, 5.74) is 3.55. The summed E-state index contributed by atoms with van der Waals surface area (Å²) in [7, 11) is 1.62. The van der Waals surface area contributed by atoms with E-state index in [1.807, 2.05) is 88.6 Å². The molecule has 5 aromatic rings. The van der Waals surface area contributed by atoms with Gasteiger partial charge in [-0.3, -0.25) is 4.79 Å². The number of para-hydroxylation sites is 1. The molecule has 1 fully saturated rings. The summed E-state index contributed by atoms with van der Waals surface area (Å²) in [6.45, 7) is 2.57. The van der Waals surface area contributed by atoms with Gasteiger partial charge in [-0.05, 0) is 42.0 Å². The molecule has 1 saturated heterocycles. The predicted molar refractivity (Wildman–Crippen MR) is 147 cm³/mol. The third kappa shape index (κ3) is 4.68. The summed E-state index contributed by atoms with van der Waals surface area (Å²) in [6.07, 6.45) is 2.47. The first-order valence-electron chi connectivity index (χ1n) is 12.7. The fraction of sp³-hybridized carbons (Fsp3) is 0.200. The highest BCUT2D eigenvalue weighted by atomic mass is 16.5. The van der Waals surface area contributed by atoms with Gasteiger partial charge in [0.2, 0.25) is 0 Å².